The van der Waals surface area contributed by atoms with E-state index in [1.165, 1.54) is 11.3 Å². The van der Waals surface area contributed by atoms with Crippen LogP contribution in [0.1, 0.15) is 12.5 Å². The zero-order valence-corrected chi connectivity index (χ0v) is 16.1. The van der Waals surface area contributed by atoms with Gasteiger partial charge in [-0.25, -0.2) is 0 Å². The summed E-state index contributed by atoms with van der Waals surface area (Å²) in [5.41, 5.74) is 3.55. The third kappa shape index (κ3) is 3.65. The number of fused-ring (bicyclic) bond motifs is 1. The number of nitrogens with zero attached hydrogens (tertiary/aromatic N) is 3. The first-order valence-corrected chi connectivity index (χ1v) is 9.67. The molecule has 1 fully saturated rings. The van der Waals surface area contributed by atoms with Crippen molar-refractivity contribution in [3.8, 4) is 5.75 Å². The fourth-order valence-corrected chi connectivity index (χ4v) is 4.18. The number of anilines is 2. The molecule has 0 N–H and O–H groups in total. The van der Waals surface area contributed by atoms with E-state index >= 15 is 0 Å². The fourth-order valence-electron chi connectivity index (χ4n) is 4.18. The van der Waals surface area contributed by atoms with Crippen molar-refractivity contribution in [1.82, 2.24) is 4.90 Å². The van der Waals surface area contributed by atoms with Crippen LogP contribution in [0.25, 0.3) is 0 Å². The average Bonchev–Trinajstić information content (AvgIpc) is 3.04. The van der Waals surface area contributed by atoms with Crippen LogP contribution in [0.4, 0.5) is 11.4 Å². The molecule has 2 aliphatic heterocycles. The second-order valence-electron chi connectivity index (χ2n) is 7.41. The van der Waals surface area contributed by atoms with Crippen molar-refractivity contribution in [3.63, 3.8) is 0 Å². The topological polar surface area (TPSA) is 36.0 Å². The summed E-state index contributed by atoms with van der Waals surface area (Å²) < 4.78 is 5.33. The SMILES string of the molecule is COc1cccc(N2CCN(CC(=O)N3c4ccccc4C[C@@H]3C)CC2)c1. The lowest BCUT2D eigenvalue weighted by Crippen LogP contribution is -2.51. The maximum Gasteiger partial charge on any atom is 0.241 e. The van der Waals surface area contributed by atoms with Gasteiger partial charge in [-0.3, -0.25) is 9.69 Å². The summed E-state index contributed by atoms with van der Waals surface area (Å²) in [7, 11) is 1.69. The normalized spacial score (nSPS) is 19.9. The highest BCUT2D eigenvalue weighted by atomic mass is 16.5. The molecule has 1 atom stereocenters. The number of para-hydroxylation sites is 1. The number of benzene rings is 2. The molecule has 27 heavy (non-hydrogen) atoms. The monoisotopic (exact) mass is 365 g/mol. The van der Waals surface area contributed by atoms with Gasteiger partial charge in [-0.05, 0) is 37.1 Å². The molecule has 5 heteroatoms. The summed E-state index contributed by atoms with van der Waals surface area (Å²) >= 11 is 0. The smallest absolute Gasteiger partial charge is 0.241 e. The van der Waals surface area contributed by atoms with Crippen LogP contribution in [0.15, 0.2) is 48.5 Å². The maximum absolute atomic E-state index is 13.0. The highest BCUT2D eigenvalue weighted by molar-refractivity contribution is 5.97. The second-order valence-corrected chi connectivity index (χ2v) is 7.41. The molecule has 1 amide bonds. The van der Waals surface area contributed by atoms with E-state index in [9.17, 15) is 4.79 Å². The summed E-state index contributed by atoms with van der Waals surface area (Å²) in [5, 5.41) is 0. The largest absolute Gasteiger partial charge is 0.497 e. The standard InChI is InChI=1S/C22H27N3O2/c1-17-14-18-6-3-4-9-21(18)25(17)22(26)16-23-10-12-24(13-11-23)19-7-5-8-20(15-19)27-2/h3-9,15,17H,10-14,16H2,1-2H3/t17-/m0/s1. The molecule has 0 bridgehead atoms. The number of piperazine rings is 1. The molecule has 2 aromatic rings. The molecular weight excluding hydrogens is 338 g/mol. The van der Waals surface area contributed by atoms with Gasteiger partial charge in [0.25, 0.3) is 0 Å². The van der Waals surface area contributed by atoms with Crippen LogP contribution >= 0.6 is 0 Å². The number of ether oxygens (including phenoxy) is 1. The number of methoxy groups -OCH3 is 1. The Morgan fingerprint density at radius 2 is 1.85 bits per heavy atom. The van der Waals surface area contributed by atoms with E-state index in [2.05, 4.69) is 47.1 Å². The zero-order valence-electron chi connectivity index (χ0n) is 16.1. The summed E-state index contributed by atoms with van der Waals surface area (Å²) in [5.74, 6) is 1.09. The van der Waals surface area contributed by atoms with E-state index in [1.54, 1.807) is 7.11 Å². The molecule has 2 heterocycles. The number of carbonyl (C=O) groups excluding carboxylic acids is 1. The van der Waals surface area contributed by atoms with Crippen LogP contribution in [0, 0.1) is 0 Å². The Hall–Kier alpha value is -2.53. The van der Waals surface area contributed by atoms with Gasteiger partial charge in [-0.15, -0.1) is 0 Å². The highest BCUT2D eigenvalue weighted by Gasteiger charge is 2.31. The van der Waals surface area contributed by atoms with Crippen LogP contribution in [-0.4, -0.2) is 56.7 Å². The Labute approximate surface area is 161 Å². The van der Waals surface area contributed by atoms with Gasteiger partial charge < -0.3 is 14.5 Å². The molecule has 5 nitrogen and oxygen atoms in total. The average molecular weight is 365 g/mol. The highest BCUT2D eigenvalue weighted by Crippen LogP contribution is 2.32. The molecule has 0 radical (unpaired) electrons. The van der Waals surface area contributed by atoms with Crippen LogP contribution in [0.5, 0.6) is 5.75 Å². The van der Waals surface area contributed by atoms with Gasteiger partial charge in [0, 0.05) is 49.7 Å². The van der Waals surface area contributed by atoms with Crippen LogP contribution < -0.4 is 14.5 Å². The lowest BCUT2D eigenvalue weighted by molar-refractivity contribution is -0.120. The molecule has 0 saturated carbocycles. The van der Waals surface area contributed by atoms with Crippen molar-refractivity contribution in [3.05, 3.63) is 54.1 Å². The number of amides is 1. The first-order valence-electron chi connectivity index (χ1n) is 9.67. The van der Waals surface area contributed by atoms with Crippen molar-refractivity contribution < 1.29 is 9.53 Å². The Bertz CT molecular complexity index is 815. The zero-order chi connectivity index (χ0) is 18.8. The minimum absolute atomic E-state index is 0.210. The number of hydrogen-bond donors (Lipinski definition) is 0. The summed E-state index contributed by atoms with van der Waals surface area (Å²) in [4.78, 5) is 19.6. The van der Waals surface area contributed by atoms with Gasteiger partial charge in [0.15, 0.2) is 0 Å². The molecular formula is C22H27N3O2. The third-order valence-corrected chi connectivity index (χ3v) is 5.63. The predicted molar refractivity (Wildman–Crippen MR) is 109 cm³/mol. The van der Waals surface area contributed by atoms with E-state index in [1.807, 2.05) is 23.1 Å². The Morgan fingerprint density at radius 1 is 1.07 bits per heavy atom. The molecule has 142 valence electrons. The van der Waals surface area contributed by atoms with E-state index in [-0.39, 0.29) is 11.9 Å². The number of hydrogen-bond acceptors (Lipinski definition) is 4. The Balaban J connectivity index is 1.36. The summed E-state index contributed by atoms with van der Waals surface area (Å²) in [6.45, 7) is 6.27. The number of carbonyl (C=O) groups is 1. The second kappa shape index (κ2) is 7.61. The van der Waals surface area contributed by atoms with E-state index in [0.29, 0.717) is 6.54 Å². The van der Waals surface area contributed by atoms with Crippen LogP contribution in [0.2, 0.25) is 0 Å². The summed E-state index contributed by atoms with van der Waals surface area (Å²) in [6.07, 6.45) is 0.950. The van der Waals surface area contributed by atoms with Crippen LogP contribution in [-0.2, 0) is 11.2 Å². The molecule has 0 aliphatic carbocycles. The lowest BCUT2D eigenvalue weighted by Gasteiger charge is -2.36. The van der Waals surface area contributed by atoms with Crippen molar-refractivity contribution in [2.45, 2.75) is 19.4 Å². The molecule has 0 unspecified atom stereocenters. The van der Waals surface area contributed by atoms with Crippen molar-refractivity contribution >= 4 is 17.3 Å². The molecule has 4 rings (SSSR count). The molecule has 0 aromatic heterocycles. The molecule has 2 aromatic carbocycles. The summed E-state index contributed by atoms with van der Waals surface area (Å²) in [6, 6.07) is 16.7. The first kappa shape index (κ1) is 17.9. The van der Waals surface area contributed by atoms with E-state index in [0.717, 1.165) is 44.0 Å². The minimum atomic E-state index is 0.210. The molecule has 1 saturated heterocycles. The Kier molecular flexibility index (Phi) is 5.03. The maximum atomic E-state index is 13.0. The van der Waals surface area contributed by atoms with Gasteiger partial charge >= 0.3 is 0 Å². The van der Waals surface area contributed by atoms with Gasteiger partial charge in [0.2, 0.25) is 5.91 Å². The van der Waals surface area contributed by atoms with E-state index < -0.39 is 0 Å². The van der Waals surface area contributed by atoms with Crippen LogP contribution in [0.3, 0.4) is 0 Å². The first-order chi connectivity index (χ1) is 13.2. The van der Waals surface area contributed by atoms with Gasteiger partial charge in [0.1, 0.15) is 5.75 Å². The number of rotatable bonds is 4. The van der Waals surface area contributed by atoms with Crippen molar-refractivity contribution in [1.29, 1.82) is 0 Å². The molecule has 0 spiro atoms. The van der Waals surface area contributed by atoms with Gasteiger partial charge in [-0.1, -0.05) is 24.3 Å². The fraction of sp³-hybridized carbons (Fsp3) is 0.409. The van der Waals surface area contributed by atoms with Crippen molar-refractivity contribution in [2.75, 3.05) is 49.6 Å². The Morgan fingerprint density at radius 3 is 2.63 bits per heavy atom. The van der Waals surface area contributed by atoms with Gasteiger partial charge in [-0.2, -0.15) is 0 Å². The van der Waals surface area contributed by atoms with Crippen molar-refractivity contribution in [2.24, 2.45) is 0 Å². The quantitative estimate of drug-likeness (QED) is 0.835. The molecule has 2 aliphatic rings. The lowest BCUT2D eigenvalue weighted by atomic mass is 10.1. The third-order valence-electron chi connectivity index (χ3n) is 5.63. The minimum Gasteiger partial charge on any atom is -0.497 e. The van der Waals surface area contributed by atoms with Gasteiger partial charge in [0.05, 0.1) is 13.7 Å². The predicted octanol–water partition coefficient (Wildman–Crippen LogP) is 2.80. The van der Waals surface area contributed by atoms with E-state index in [4.69, 9.17) is 4.74 Å².